The molecule has 2 heteroatoms. The molecule has 1 N–H and O–H groups in total. The number of hydrogen-bond donors (Lipinski definition) is 1. The monoisotopic (exact) mass is 195 g/mol. The van der Waals surface area contributed by atoms with E-state index in [-0.39, 0.29) is 0 Å². The van der Waals surface area contributed by atoms with Gasteiger partial charge in [-0.05, 0) is 31.6 Å². The molecule has 2 aliphatic carbocycles. The minimum absolute atomic E-state index is 0.323. The van der Waals surface area contributed by atoms with Gasteiger partial charge in [0, 0.05) is 12.0 Å². The Hall–Kier alpha value is -0.530. The van der Waals surface area contributed by atoms with Gasteiger partial charge in [-0.2, -0.15) is 0 Å². The molecular formula is C12H21NO. The Morgan fingerprint density at radius 2 is 1.79 bits per heavy atom. The standard InChI is InChI=1S/C12H21NO/c1-9-5-3-2-4-6-11(9)13-12(14)10-7-8-10/h9-11H,2-8H2,1H3,(H,13,14). The number of hydrogen-bond acceptors (Lipinski definition) is 1. The molecule has 0 aromatic carbocycles. The smallest absolute Gasteiger partial charge is 0.223 e. The number of carbonyl (C=O) groups is 1. The summed E-state index contributed by atoms with van der Waals surface area (Å²) in [7, 11) is 0. The van der Waals surface area contributed by atoms with E-state index in [4.69, 9.17) is 0 Å². The average molecular weight is 195 g/mol. The Bertz CT molecular complexity index is 210. The number of amides is 1. The van der Waals surface area contributed by atoms with Crippen molar-refractivity contribution < 1.29 is 4.79 Å². The van der Waals surface area contributed by atoms with Crippen LogP contribution in [-0.4, -0.2) is 11.9 Å². The molecule has 2 saturated carbocycles. The molecular weight excluding hydrogens is 174 g/mol. The molecule has 1 amide bonds. The van der Waals surface area contributed by atoms with E-state index >= 15 is 0 Å². The van der Waals surface area contributed by atoms with Gasteiger partial charge in [-0.3, -0.25) is 4.79 Å². The second kappa shape index (κ2) is 4.33. The highest BCUT2D eigenvalue weighted by molar-refractivity contribution is 5.81. The number of carbonyl (C=O) groups excluding carboxylic acids is 1. The van der Waals surface area contributed by atoms with Crippen LogP contribution in [0.1, 0.15) is 51.9 Å². The van der Waals surface area contributed by atoms with Gasteiger partial charge in [0.1, 0.15) is 0 Å². The lowest BCUT2D eigenvalue weighted by molar-refractivity contribution is -0.123. The molecule has 2 aliphatic rings. The van der Waals surface area contributed by atoms with Gasteiger partial charge in [0.2, 0.25) is 5.91 Å². The van der Waals surface area contributed by atoms with E-state index in [2.05, 4.69) is 12.2 Å². The average Bonchev–Trinajstić information content (AvgIpc) is 2.95. The van der Waals surface area contributed by atoms with Crippen LogP contribution in [-0.2, 0) is 4.79 Å². The third-order valence-electron chi connectivity index (χ3n) is 3.64. The zero-order valence-corrected chi connectivity index (χ0v) is 9.09. The quantitative estimate of drug-likeness (QED) is 0.674. The van der Waals surface area contributed by atoms with E-state index in [0.717, 1.165) is 12.8 Å². The Morgan fingerprint density at radius 3 is 2.50 bits per heavy atom. The fourth-order valence-corrected chi connectivity index (χ4v) is 2.35. The van der Waals surface area contributed by atoms with Crippen molar-refractivity contribution in [2.45, 2.75) is 57.9 Å². The molecule has 0 spiro atoms. The van der Waals surface area contributed by atoms with Crippen LogP contribution in [0.15, 0.2) is 0 Å². The summed E-state index contributed by atoms with van der Waals surface area (Å²) in [5.41, 5.74) is 0. The van der Waals surface area contributed by atoms with Gasteiger partial charge in [-0.15, -0.1) is 0 Å². The van der Waals surface area contributed by atoms with E-state index in [1.807, 2.05) is 0 Å². The number of rotatable bonds is 2. The third-order valence-corrected chi connectivity index (χ3v) is 3.64. The first-order valence-corrected chi connectivity index (χ1v) is 6.08. The molecule has 0 bridgehead atoms. The van der Waals surface area contributed by atoms with E-state index in [9.17, 15) is 4.79 Å². The van der Waals surface area contributed by atoms with Crippen LogP contribution in [0.25, 0.3) is 0 Å². The van der Waals surface area contributed by atoms with Gasteiger partial charge in [0.15, 0.2) is 0 Å². The van der Waals surface area contributed by atoms with Crippen molar-refractivity contribution in [2.75, 3.05) is 0 Å². The zero-order valence-electron chi connectivity index (χ0n) is 9.09. The van der Waals surface area contributed by atoms with Crippen LogP contribution in [0.4, 0.5) is 0 Å². The van der Waals surface area contributed by atoms with Crippen LogP contribution < -0.4 is 5.32 Å². The lowest BCUT2D eigenvalue weighted by Crippen LogP contribution is -2.39. The van der Waals surface area contributed by atoms with Crippen molar-refractivity contribution >= 4 is 5.91 Å². The normalized spacial score (nSPS) is 33.5. The molecule has 0 radical (unpaired) electrons. The summed E-state index contributed by atoms with van der Waals surface area (Å²) in [6, 6.07) is 0.464. The maximum atomic E-state index is 11.6. The van der Waals surface area contributed by atoms with Crippen LogP contribution in [0.3, 0.4) is 0 Å². The van der Waals surface area contributed by atoms with E-state index in [1.54, 1.807) is 0 Å². The Balaban J connectivity index is 1.83. The minimum atomic E-state index is 0.323. The largest absolute Gasteiger partial charge is 0.353 e. The van der Waals surface area contributed by atoms with Gasteiger partial charge in [0.25, 0.3) is 0 Å². The molecule has 2 rings (SSSR count). The SMILES string of the molecule is CC1CCCCCC1NC(=O)C1CC1. The second-order valence-corrected chi connectivity index (χ2v) is 5.00. The first kappa shape index (κ1) is 10.0. The van der Waals surface area contributed by atoms with Gasteiger partial charge in [-0.25, -0.2) is 0 Å². The Kier molecular flexibility index (Phi) is 3.09. The molecule has 2 nitrogen and oxygen atoms in total. The molecule has 0 aromatic heterocycles. The van der Waals surface area contributed by atoms with Crippen molar-refractivity contribution in [3.05, 3.63) is 0 Å². The van der Waals surface area contributed by atoms with Gasteiger partial charge in [0.05, 0.1) is 0 Å². The van der Waals surface area contributed by atoms with Crippen molar-refractivity contribution in [2.24, 2.45) is 11.8 Å². The van der Waals surface area contributed by atoms with Crippen molar-refractivity contribution in [3.8, 4) is 0 Å². The zero-order chi connectivity index (χ0) is 9.97. The Labute approximate surface area is 86.5 Å². The van der Waals surface area contributed by atoms with Crippen molar-refractivity contribution in [1.82, 2.24) is 5.32 Å². The maximum Gasteiger partial charge on any atom is 0.223 e. The molecule has 80 valence electrons. The van der Waals surface area contributed by atoms with Crippen molar-refractivity contribution in [1.29, 1.82) is 0 Å². The minimum Gasteiger partial charge on any atom is -0.353 e. The van der Waals surface area contributed by atoms with Crippen LogP contribution in [0, 0.1) is 11.8 Å². The first-order chi connectivity index (χ1) is 6.77. The summed E-state index contributed by atoms with van der Waals surface area (Å²) < 4.78 is 0. The first-order valence-electron chi connectivity index (χ1n) is 6.08. The van der Waals surface area contributed by atoms with Gasteiger partial charge >= 0.3 is 0 Å². The molecule has 2 atom stereocenters. The predicted octanol–water partition coefficient (Wildman–Crippen LogP) is 2.48. The summed E-state index contributed by atoms with van der Waals surface area (Å²) >= 11 is 0. The predicted molar refractivity (Wildman–Crippen MR) is 56.9 cm³/mol. The highest BCUT2D eigenvalue weighted by Gasteiger charge is 2.32. The molecule has 0 aromatic rings. The summed E-state index contributed by atoms with van der Waals surface area (Å²) in [6.45, 7) is 2.28. The lowest BCUT2D eigenvalue weighted by atomic mass is 9.97. The van der Waals surface area contributed by atoms with Crippen LogP contribution in [0.2, 0.25) is 0 Å². The summed E-state index contributed by atoms with van der Waals surface area (Å²) in [5, 5.41) is 3.23. The topological polar surface area (TPSA) is 29.1 Å². The highest BCUT2D eigenvalue weighted by Crippen LogP contribution is 2.30. The van der Waals surface area contributed by atoms with Gasteiger partial charge in [-0.1, -0.05) is 26.2 Å². The molecule has 0 saturated heterocycles. The molecule has 2 fully saturated rings. The van der Waals surface area contributed by atoms with E-state index < -0.39 is 0 Å². The highest BCUT2D eigenvalue weighted by atomic mass is 16.2. The van der Waals surface area contributed by atoms with Crippen LogP contribution in [0.5, 0.6) is 0 Å². The van der Waals surface area contributed by atoms with Gasteiger partial charge < -0.3 is 5.32 Å². The molecule has 14 heavy (non-hydrogen) atoms. The second-order valence-electron chi connectivity index (χ2n) is 5.00. The molecule has 0 aliphatic heterocycles. The third kappa shape index (κ3) is 2.49. The van der Waals surface area contributed by atoms with Crippen molar-refractivity contribution in [3.63, 3.8) is 0 Å². The molecule has 2 unspecified atom stereocenters. The summed E-state index contributed by atoms with van der Waals surface area (Å²) in [5.74, 6) is 1.37. The fourth-order valence-electron chi connectivity index (χ4n) is 2.35. The van der Waals surface area contributed by atoms with Crippen LogP contribution >= 0.6 is 0 Å². The Morgan fingerprint density at radius 1 is 1.07 bits per heavy atom. The maximum absolute atomic E-state index is 11.6. The summed E-state index contributed by atoms with van der Waals surface area (Å²) in [4.78, 5) is 11.6. The summed E-state index contributed by atoms with van der Waals surface area (Å²) in [6.07, 6.45) is 8.70. The van der Waals surface area contributed by atoms with E-state index in [0.29, 0.717) is 23.8 Å². The fraction of sp³-hybridized carbons (Fsp3) is 0.917. The van der Waals surface area contributed by atoms with E-state index in [1.165, 1.54) is 32.1 Å². The molecule has 0 heterocycles. The number of nitrogens with one attached hydrogen (secondary N) is 1. The lowest BCUT2D eigenvalue weighted by Gasteiger charge is -2.22.